The SMILES string of the molecule is CCNC(=NCc1ccccc1OCCN(C)C)NC(C)C(C)C. The number of benzene rings is 1. The first kappa shape index (κ1) is 20.3. The molecular formula is C19H34N4O. The second-order valence-corrected chi connectivity index (χ2v) is 6.63. The summed E-state index contributed by atoms with van der Waals surface area (Å²) in [6.45, 7) is 11.7. The lowest BCUT2D eigenvalue weighted by molar-refractivity contribution is 0.259. The molecule has 0 aromatic heterocycles. The van der Waals surface area contributed by atoms with Gasteiger partial charge in [-0.25, -0.2) is 4.99 Å². The van der Waals surface area contributed by atoms with Gasteiger partial charge in [-0.3, -0.25) is 0 Å². The Hall–Kier alpha value is -1.75. The van der Waals surface area contributed by atoms with Crippen LogP contribution in [0.1, 0.15) is 33.3 Å². The predicted molar refractivity (Wildman–Crippen MR) is 103 cm³/mol. The summed E-state index contributed by atoms with van der Waals surface area (Å²) in [5, 5.41) is 6.76. The summed E-state index contributed by atoms with van der Waals surface area (Å²) in [6, 6.07) is 8.49. The second kappa shape index (κ2) is 10.9. The highest BCUT2D eigenvalue weighted by Crippen LogP contribution is 2.18. The molecule has 5 nitrogen and oxygen atoms in total. The lowest BCUT2D eigenvalue weighted by Crippen LogP contribution is -2.44. The number of hydrogen-bond acceptors (Lipinski definition) is 3. The van der Waals surface area contributed by atoms with Gasteiger partial charge in [0.15, 0.2) is 5.96 Å². The van der Waals surface area contributed by atoms with E-state index in [1.807, 2.05) is 32.3 Å². The number of rotatable bonds is 9. The largest absolute Gasteiger partial charge is 0.492 e. The molecule has 2 N–H and O–H groups in total. The van der Waals surface area contributed by atoms with Gasteiger partial charge in [0.05, 0.1) is 6.54 Å². The number of nitrogens with one attached hydrogen (secondary N) is 2. The lowest BCUT2D eigenvalue weighted by Gasteiger charge is -2.21. The van der Waals surface area contributed by atoms with Crippen molar-refractivity contribution in [2.75, 3.05) is 33.8 Å². The molecule has 0 heterocycles. The average Bonchev–Trinajstić information content (AvgIpc) is 2.53. The van der Waals surface area contributed by atoms with Gasteiger partial charge in [-0.2, -0.15) is 0 Å². The van der Waals surface area contributed by atoms with E-state index in [-0.39, 0.29) is 0 Å². The van der Waals surface area contributed by atoms with Crippen LogP contribution in [0.5, 0.6) is 5.75 Å². The first-order valence-corrected chi connectivity index (χ1v) is 8.84. The third-order valence-electron chi connectivity index (χ3n) is 3.88. The van der Waals surface area contributed by atoms with Crippen LogP contribution < -0.4 is 15.4 Å². The fraction of sp³-hybridized carbons (Fsp3) is 0.632. The minimum Gasteiger partial charge on any atom is -0.492 e. The molecule has 0 aliphatic carbocycles. The van der Waals surface area contributed by atoms with Crippen molar-refractivity contribution in [1.29, 1.82) is 0 Å². The van der Waals surface area contributed by atoms with E-state index in [1.54, 1.807) is 0 Å². The van der Waals surface area contributed by atoms with Crippen LogP contribution in [0.2, 0.25) is 0 Å². The monoisotopic (exact) mass is 334 g/mol. The van der Waals surface area contributed by atoms with Crippen LogP contribution in [-0.4, -0.2) is 50.7 Å². The molecule has 0 bridgehead atoms. The van der Waals surface area contributed by atoms with Crippen molar-refractivity contribution in [1.82, 2.24) is 15.5 Å². The first-order chi connectivity index (χ1) is 11.4. The molecule has 0 saturated carbocycles. The maximum atomic E-state index is 5.91. The Bertz CT molecular complexity index is 500. The summed E-state index contributed by atoms with van der Waals surface area (Å²) in [5.41, 5.74) is 1.10. The quantitative estimate of drug-likeness (QED) is 0.538. The Kier molecular flexibility index (Phi) is 9.23. The van der Waals surface area contributed by atoms with Gasteiger partial charge in [-0.1, -0.05) is 32.0 Å². The Balaban J connectivity index is 2.74. The van der Waals surface area contributed by atoms with E-state index in [2.05, 4.69) is 49.3 Å². The summed E-state index contributed by atoms with van der Waals surface area (Å²) in [6.07, 6.45) is 0. The van der Waals surface area contributed by atoms with E-state index in [0.717, 1.165) is 30.4 Å². The van der Waals surface area contributed by atoms with E-state index in [4.69, 9.17) is 9.73 Å². The van der Waals surface area contributed by atoms with Crippen LogP contribution in [-0.2, 0) is 6.54 Å². The molecule has 1 rings (SSSR count). The van der Waals surface area contributed by atoms with Gasteiger partial charge in [-0.05, 0) is 39.9 Å². The topological polar surface area (TPSA) is 48.9 Å². The molecule has 0 saturated heterocycles. The molecule has 0 amide bonds. The van der Waals surface area contributed by atoms with Gasteiger partial charge in [0.25, 0.3) is 0 Å². The van der Waals surface area contributed by atoms with E-state index in [0.29, 0.717) is 25.1 Å². The van der Waals surface area contributed by atoms with Gasteiger partial charge < -0.3 is 20.3 Å². The summed E-state index contributed by atoms with van der Waals surface area (Å²) < 4.78 is 5.91. The molecule has 136 valence electrons. The number of ether oxygens (including phenoxy) is 1. The molecule has 0 aliphatic heterocycles. The molecule has 0 fully saturated rings. The standard InChI is InChI=1S/C19H34N4O/c1-7-20-19(22-16(4)15(2)3)21-14-17-10-8-9-11-18(17)24-13-12-23(5)6/h8-11,15-16H,7,12-14H2,1-6H3,(H2,20,21,22). The maximum Gasteiger partial charge on any atom is 0.191 e. The van der Waals surface area contributed by atoms with Gasteiger partial charge in [-0.15, -0.1) is 0 Å². The van der Waals surface area contributed by atoms with E-state index in [1.165, 1.54) is 0 Å². The number of hydrogen-bond donors (Lipinski definition) is 2. The van der Waals surface area contributed by atoms with Crippen molar-refractivity contribution < 1.29 is 4.74 Å². The number of guanidine groups is 1. The average molecular weight is 335 g/mol. The van der Waals surface area contributed by atoms with Crippen molar-refractivity contribution in [2.45, 2.75) is 40.3 Å². The smallest absolute Gasteiger partial charge is 0.191 e. The minimum absolute atomic E-state index is 0.370. The maximum absolute atomic E-state index is 5.91. The van der Waals surface area contributed by atoms with Crippen LogP contribution in [0.25, 0.3) is 0 Å². The predicted octanol–water partition coefficient (Wildman–Crippen LogP) is 2.73. The first-order valence-electron chi connectivity index (χ1n) is 8.84. The number of nitrogens with zero attached hydrogens (tertiary/aromatic N) is 2. The highest BCUT2D eigenvalue weighted by molar-refractivity contribution is 5.80. The van der Waals surface area contributed by atoms with Crippen LogP contribution >= 0.6 is 0 Å². The summed E-state index contributed by atoms with van der Waals surface area (Å²) in [4.78, 5) is 6.83. The van der Waals surface area contributed by atoms with Crippen LogP contribution in [0.3, 0.4) is 0 Å². The van der Waals surface area contributed by atoms with Crippen molar-refractivity contribution in [3.8, 4) is 5.75 Å². The minimum atomic E-state index is 0.370. The Morgan fingerprint density at radius 1 is 1.21 bits per heavy atom. The second-order valence-electron chi connectivity index (χ2n) is 6.63. The van der Waals surface area contributed by atoms with Gasteiger partial charge >= 0.3 is 0 Å². The Morgan fingerprint density at radius 2 is 1.92 bits per heavy atom. The number of para-hydroxylation sites is 1. The lowest BCUT2D eigenvalue weighted by atomic mass is 10.1. The van der Waals surface area contributed by atoms with Gasteiger partial charge in [0.2, 0.25) is 0 Å². The molecule has 24 heavy (non-hydrogen) atoms. The molecule has 1 aromatic rings. The van der Waals surface area contributed by atoms with E-state index < -0.39 is 0 Å². The van der Waals surface area contributed by atoms with Crippen LogP contribution in [0.4, 0.5) is 0 Å². The summed E-state index contributed by atoms with van der Waals surface area (Å²) in [7, 11) is 4.09. The van der Waals surface area contributed by atoms with Crippen molar-refractivity contribution in [3.63, 3.8) is 0 Å². The third-order valence-corrected chi connectivity index (χ3v) is 3.88. The molecule has 1 aromatic carbocycles. The van der Waals surface area contributed by atoms with Crippen molar-refractivity contribution >= 4 is 5.96 Å². The number of aliphatic imine (C=N–C) groups is 1. The van der Waals surface area contributed by atoms with Crippen molar-refractivity contribution in [2.24, 2.45) is 10.9 Å². The highest BCUT2D eigenvalue weighted by Gasteiger charge is 2.09. The summed E-state index contributed by atoms with van der Waals surface area (Å²) in [5.74, 6) is 2.31. The van der Waals surface area contributed by atoms with E-state index in [9.17, 15) is 0 Å². The van der Waals surface area contributed by atoms with Crippen LogP contribution in [0, 0.1) is 5.92 Å². The fourth-order valence-electron chi connectivity index (χ4n) is 1.98. The zero-order valence-corrected chi connectivity index (χ0v) is 16.1. The third kappa shape index (κ3) is 7.68. The fourth-order valence-corrected chi connectivity index (χ4v) is 1.98. The Morgan fingerprint density at radius 3 is 2.54 bits per heavy atom. The van der Waals surface area contributed by atoms with Gasteiger partial charge in [0, 0.05) is 24.7 Å². The molecule has 1 unspecified atom stereocenters. The van der Waals surface area contributed by atoms with Gasteiger partial charge in [0.1, 0.15) is 12.4 Å². The van der Waals surface area contributed by atoms with Crippen molar-refractivity contribution in [3.05, 3.63) is 29.8 Å². The molecule has 5 heteroatoms. The molecule has 1 atom stereocenters. The highest BCUT2D eigenvalue weighted by atomic mass is 16.5. The zero-order valence-electron chi connectivity index (χ0n) is 16.1. The number of likely N-dealkylation sites (N-methyl/N-ethyl adjacent to an activating group) is 1. The molecule has 0 spiro atoms. The van der Waals surface area contributed by atoms with E-state index >= 15 is 0 Å². The molecule has 0 radical (unpaired) electrons. The van der Waals surface area contributed by atoms with Crippen LogP contribution in [0.15, 0.2) is 29.3 Å². The normalized spacial score (nSPS) is 13.2. The Labute approximate surface area is 147 Å². The molecular weight excluding hydrogens is 300 g/mol. The summed E-state index contributed by atoms with van der Waals surface area (Å²) >= 11 is 0. The zero-order chi connectivity index (χ0) is 17.9. The molecule has 0 aliphatic rings.